The number of hydrogen-bond acceptors (Lipinski definition) is 3. The zero-order valence-corrected chi connectivity index (χ0v) is 12.4. The van der Waals surface area contributed by atoms with Gasteiger partial charge in [0.1, 0.15) is 0 Å². The van der Waals surface area contributed by atoms with Crippen molar-refractivity contribution in [2.75, 3.05) is 18.9 Å². The van der Waals surface area contributed by atoms with Gasteiger partial charge in [-0.1, -0.05) is 18.6 Å². The number of hydrogen-bond donors (Lipinski definition) is 3. The smallest absolute Gasteiger partial charge is 0.227 e. The molecule has 2 amide bonds. The van der Waals surface area contributed by atoms with E-state index in [4.69, 9.17) is 0 Å². The van der Waals surface area contributed by atoms with E-state index in [2.05, 4.69) is 16.0 Å². The molecule has 0 bridgehead atoms. The fraction of sp³-hybridized carbons (Fsp3) is 0.500. The van der Waals surface area contributed by atoms with E-state index in [1.165, 1.54) is 0 Å². The third kappa shape index (κ3) is 4.86. The van der Waals surface area contributed by atoms with Gasteiger partial charge >= 0.3 is 0 Å². The Labute approximate surface area is 125 Å². The largest absolute Gasteiger partial charge is 0.352 e. The summed E-state index contributed by atoms with van der Waals surface area (Å²) in [6.07, 6.45) is 3.60. The van der Waals surface area contributed by atoms with E-state index in [1.54, 1.807) is 0 Å². The van der Waals surface area contributed by atoms with Crippen LogP contribution in [-0.4, -0.2) is 25.4 Å². The molecule has 5 heteroatoms. The third-order valence-corrected chi connectivity index (χ3v) is 3.76. The number of carbonyl (C=O) groups excluding carboxylic acids is 2. The summed E-state index contributed by atoms with van der Waals surface area (Å²) in [7, 11) is 1.82. The van der Waals surface area contributed by atoms with E-state index < -0.39 is 0 Å². The third-order valence-electron chi connectivity index (χ3n) is 3.76. The second kappa shape index (κ2) is 7.78. The highest BCUT2D eigenvalue weighted by Gasteiger charge is 2.25. The van der Waals surface area contributed by atoms with Crippen LogP contribution >= 0.6 is 0 Å². The van der Waals surface area contributed by atoms with Gasteiger partial charge in [-0.05, 0) is 37.6 Å². The Hall–Kier alpha value is -1.88. The Kier molecular flexibility index (Phi) is 5.75. The SMILES string of the molecule is CNCCC(=O)NCc1cccc(NC(=O)C2CCC2)c1. The molecule has 1 aliphatic rings. The number of rotatable bonds is 7. The van der Waals surface area contributed by atoms with E-state index >= 15 is 0 Å². The number of carbonyl (C=O) groups is 2. The lowest BCUT2D eigenvalue weighted by Gasteiger charge is -2.24. The molecule has 21 heavy (non-hydrogen) atoms. The van der Waals surface area contributed by atoms with Gasteiger partial charge in [-0.3, -0.25) is 9.59 Å². The second-order valence-electron chi connectivity index (χ2n) is 5.45. The lowest BCUT2D eigenvalue weighted by molar-refractivity contribution is -0.122. The van der Waals surface area contributed by atoms with Gasteiger partial charge in [0.15, 0.2) is 0 Å². The number of nitrogens with one attached hydrogen (secondary N) is 3. The molecule has 114 valence electrons. The zero-order valence-electron chi connectivity index (χ0n) is 12.4. The van der Waals surface area contributed by atoms with Crippen molar-refractivity contribution in [3.63, 3.8) is 0 Å². The van der Waals surface area contributed by atoms with Gasteiger partial charge in [0.2, 0.25) is 11.8 Å². The van der Waals surface area contributed by atoms with E-state index in [-0.39, 0.29) is 17.7 Å². The molecule has 0 spiro atoms. The van der Waals surface area contributed by atoms with Crippen molar-refractivity contribution in [2.45, 2.75) is 32.2 Å². The first-order valence-electron chi connectivity index (χ1n) is 7.50. The molecule has 0 radical (unpaired) electrons. The van der Waals surface area contributed by atoms with Gasteiger partial charge in [0.05, 0.1) is 0 Å². The normalized spacial score (nSPS) is 14.3. The maximum Gasteiger partial charge on any atom is 0.227 e. The first-order valence-corrected chi connectivity index (χ1v) is 7.50. The van der Waals surface area contributed by atoms with Crippen LogP contribution in [0.1, 0.15) is 31.2 Å². The van der Waals surface area contributed by atoms with Crippen LogP contribution in [0.3, 0.4) is 0 Å². The predicted molar refractivity (Wildman–Crippen MR) is 82.8 cm³/mol. The summed E-state index contributed by atoms with van der Waals surface area (Å²) >= 11 is 0. The summed E-state index contributed by atoms with van der Waals surface area (Å²) in [5.74, 6) is 0.305. The van der Waals surface area contributed by atoms with Crippen molar-refractivity contribution in [3.8, 4) is 0 Å². The lowest BCUT2D eigenvalue weighted by Crippen LogP contribution is -2.28. The van der Waals surface area contributed by atoms with Crippen molar-refractivity contribution in [2.24, 2.45) is 5.92 Å². The number of benzene rings is 1. The maximum atomic E-state index is 11.9. The first-order chi connectivity index (χ1) is 10.2. The molecular weight excluding hydrogens is 266 g/mol. The molecule has 0 unspecified atom stereocenters. The van der Waals surface area contributed by atoms with Gasteiger partial charge in [0, 0.05) is 31.1 Å². The van der Waals surface area contributed by atoms with Crippen LogP contribution in [0.5, 0.6) is 0 Å². The van der Waals surface area contributed by atoms with Crippen LogP contribution in [-0.2, 0) is 16.1 Å². The Balaban J connectivity index is 1.82. The fourth-order valence-electron chi connectivity index (χ4n) is 2.20. The molecule has 3 N–H and O–H groups in total. The minimum absolute atomic E-state index is 0.0215. The van der Waals surface area contributed by atoms with E-state index in [0.29, 0.717) is 19.5 Å². The molecule has 1 aromatic carbocycles. The standard InChI is InChI=1S/C16H23N3O2/c1-17-9-8-15(20)18-11-12-4-2-7-14(10-12)19-16(21)13-5-3-6-13/h2,4,7,10,13,17H,3,5-6,8-9,11H2,1H3,(H,18,20)(H,19,21). The molecule has 1 saturated carbocycles. The van der Waals surface area contributed by atoms with Crippen molar-refractivity contribution >= 4 is 17.5 Å². The first kappa shape index (κ1) is 15.5. The Bertz CT molecular complexity index is 498. The molecule has 0 aliphatic heterocycles. The van der Waals surface area contributed by atoms with Crippen LogP contribution in [0.25, 0.3) is 0 Å². The molecule has 1 fully saturated rings. The molecule has 0 atom stereocenters. The van der Waals surface area contributed by atoms with Crippen molar-refractivity contribution < 1.29 is 9.59 Å². The van der Waals surface area contributed by atoms with E-state index in [9.17, 15) is 9.59 Å². The van der Waals surface area contributed by atoms with Gasteiger partial charge in [-0.25, -0.2) is 0 Å². The van der Waals surface area contributed by atoms with Gasteiger partial charge in [-0.15, -0.1) is 0 Å². The van der Waals surface area contributed by atoms with Crippen molar-refractivity contribution in [1.82, 2.24) is 10.6 Å². The van der Waals surface area contributed by atoms with Gasteiger partial charge in [-0.2, -0.15) is 0 Å². The summed E-state index contributed by atoms with van der Waals surface area (Å²) in [6.45, 7) is 1.15. The van der Waals surface area contributed by atoms with E-state index in [1.807, 2.05) is 31.3 Å². The highest BCUT2D eigenvalue weighted by Crippen LogP contribution is 2.27. The average Bonchev–Trinajstić information content (AvgIpc) is 2.41. The van der Waals surface area contributed by atoms with Crippen LogP contribution in [0.4, 0.5) is 5.69 Å². The molecule has 1 aromatic rings. The van der Waals surface area contributed by atoms with Crippen molar-refractivity contribution in [3.05, 3.63) is 29.8 Å². The quantitative estimate of drug-likeness (QED) is 0.715. The molecule has 0 aromatic heterocycles. The van der Waals surface area contributed by atoms with Crippen LogP contribution in [0.15, 0.2) is 24.3 Å². The fourth-order valence-corrected chi connectivity index (χ4v) is 2.20. The van der Waals surface area contributed by atoms with Gasteiger partial charge in [0.25, 0.3) is 0 Å². The highest BCUT2D eigenvalue weighted by atomic mass is 16.2. The Morgan fingerprint density at radius 3 is 2.76 bits per heavy atom. The minimum Gasteiger partial charge on any atom is -0.352 e. The summed E-state index contributed by atoms with van der Waals surface area (Å²) in [5.41, 5.74) is 1.79. The molecule has 1 aliphatic carbocycles. The van der Waals surface area contributed by atoms with Crippen LogP contribution in [0.2, 0.25) is 0 Å². The number of amides is 2. The van der Waals surface area contributed by atoms with E-state index in [0.717, 1.165) is 30.5 Å². The van der Waals surface area contributed by atoms with Crippen LogP contribution in [0, 0.1) is 5.92 Å². The van der Waals surface area contributed by atoms with Gasteiger partial charge < -0.3 is 16.0 Å². The molecule has 0 heterocycles. The zero-order chi connectivity index (χ0) is 15.1. The summed E-state index contributed by atoms with van der Waals surface area (Å²) in [4.78, 5) is 23.5. The lowest BCUT2D eigenvalue weighted by atomic mass is 9.85. The molecular formula is C16H23N3O2. The summed E-state index contributed by atoms with van der Waals surface area (Å²) in [6, 6.07) is 7.63. The molecule has 2 rings (SSSR count). The Morgan fingerprint density at radius 1 is 1.29 bits per heavy atom. The second-order valence-corrected chi connectivity index (χ2v) is 5.45. The average molecular weight is 289 g/mol. The monoisotopic (exact) mass is 289 g/mol. The molecule has 5 nitrogen and oxygen atoms in total. The minimum atomic E-state index is 0.0215. The summed E-state index contributed by atoms with van der Waals surface area (Å²) < 4.78 is 0. The molecule has 0 saturated heterocycles. The highest BCUT2D eigenvalue weighted by molar-refractivity contribution is 5.93. The number of anilines is 1. The Morgan fingerprint density at radius 2 is 2.10 bits per heavy atom. The van der Waals surface area contributed by atoms with Crippen molar-refractivity contribution in [1.29, 1.82) is 0 Å². The maximum absolute atomic E-state index is 11.9. The summed E-state index contributed by atoms with van der Waals surface area (Å²) in [5, 5.41) is 8.75. The topological polar surface area (TPSA) is 70.2 Å². The predicted octanol–water partition coefficient (Wildman–Crippen LogP) is 1.65. The van der Waals surface area contributed by atoms with Crippen LogP contribution < -0.4 is 16.0 Å².